The predicted molar refractivity (Wildman–Crippen MR) is 435 cm³/mol. The second-order valence-corrected chi connectivity index (χ2v) is 29.1. The Balaban J connectivity index is 0.000000178. The third kappa shape index (κ3) is 19.3. The van der Waals surface area contributed by atoms with Crippen molar-refractivity contribution in [3.63, 3.8) is 0 Å². The van der Waals surface area contributed by atoms with Crippen molar-refractivity contribution >= 4 is 67.6 Å². The fraction of sp³-hybridized carbons (Fsp3) is 0.202. The lowest BCUT2D eigenvalue weighted by Crippen LogP contribution is -2.50. The Morgan fingerprint density at radius 3 is 1.21 bits per heavy atom. The van der Waals surface area contributed by atoms with Gasteiger partial charge in [0.1, 0.15) is 12.4 Å². The van der Waals surface area contributed by atoms with E-state index in [0.717, 1.165) is 55.6 Å². The third-order valence-corrected chi connectivity index (χ3v) is 21.5. The quantitative estimate of drug-likeness (QED) is 0.0236. The molecule has 1 heterocycles. The Hall–Kier alpha value is -12.6. The number of ketones is 2. The number of hydrogen-bond acceptors (Lipinski definition) is 19. The SMILES string of the molecule is COc1cc(C(=O)Cc2ccc(S(=O)(=O)c3ccc(CC(=O)c4cc(CO)c(C)cc4N)cc3)cc2)c(N)cc1OCc1ccccc1.COc1cc(C(=O)N2CCN(C(=O)c3cc(CO)c(C)cc3N)CC2)c(N)cc1C.Cc1cc(N)c(C(=O)NC2c3ccccc3-c3ccccc32)cc1CO.OCc1ccccc1. The molecule has 0 atom stereocenters. The van der Waals surface area contributed by atoms with Gasteiger partial charge in [-0.2, -0.15) is 0 Å². The molecule has 11 aromatic rings. The number of nitrogens with one attached hydrogen (secondary N) is 1. The number of sulfone groups is 1. The molecule has 0 spiro atoms. The van der Waals surface area contributed by atoms with E-state index in [-0.39, 0.29) is 95.6 Å². The molecule has 11 aromatic carbocycles. The van der Waals surface area contributed by atoms with Crippen molar-refractivity contribution < 1.29 is 67.0 Å². The summed E-state index contributed by atoms with van der Waals surface area (Å²) in [5, 5.41) is 40.2. The number of Topliss-reactive ketones (excluding diaryl/α,β-unsaturated/α-hetero) is 2. The molecule has 1 aliphatic carbocycles. The summed E-state index contributed by atoms with van der Waals surface area (Å²) < 4.78 is 43.4. The number of ether oxygens (including phenoxy) is 3. The lowest BCUT2D eigenvalue weighted by Gasteiger charge is -2.35. The molecule has 0 bridgehead atoms. The molecule has 0 unspecified atom stereocenters. The molecule has 3 amide bonds. The third-order valence-electron chi connectivity index (χ3n) is 19.7. The largest absolute Gasteiger partial charge is 0.496 e. The highest BCUT2D eigenvalue weighted by atomic mass is 32.2. The molecule has 13 rings (SSSR count). The molecule has 23 heteroatoms. The van der Waals surface area contributed by atoms with E-state index in [1.54, 1.807) is 109 Å². The zero-order valence-corrected chi connectivity index (χ0v) is 64.0. The number of nitrogen functional groups attached to an aromatic ring is 5. The Labute approximate surface area is 651 Å². The van der Waals surface area contributed by atoms with Crippen LogP contribution in [0.1, 0.15) is 130 Å². The van der Waals surface area contributed by atoms with E-state index in [9.17, 15) is 47.7 Å². The molecule has 0 radical (unpaired) electrons. The van der Waals surface area contributed by atoms with Crippen molar-refractivity contribution in [1.82, 2.24) is 15.1 Å². The van der Waals surface area contributed by atoms with Crippen molar-refractivity contribution in [2.24, 2.45) is 0 Å². The number of aliphatic hydroxyl groups is 4. The maximum absolute atomic E-state index is 13.4. The van der Waals surface area contributed by atoms with Crippen LogP contribution in [0, 0.1) is 27.7 Å². The smallest absolute Gasteiger partial charge is 0.256 e. The lowest BCUT2D eigenvalue weighted by atomic mass is 9.97. The van der Waals surface area contributed by atoms with Crippen molar-refractivity contribution in [3.8, 4) is 28.4 Å². The molecule has 1 saturated heterocycles. The summed E-state index contributed by atoms with van der Waals surface area (Å²) in [7, 11) is -0.833. The van der Waals surface area contributed by atoms with Crippen LogP contribution in [0.15, 0.2) is 228 Å². The number of aryl methyl sites for hydroxylation is 4. The summed E-state index contributed by atoms with van der Waals surface area (Å²) in [5.74, 6) is 0.259. The first-order valence-electron chi connectivity index (χ1n) is 36.1. The molecule has 22 nitrogen and oxygen atoms in total. The minimum atomic E-state index is -3.87. The summed E-state index contributed by atoms with van der Waals surface area (Å²) >= 11 is 0. The van der Waals surface area contributed by atoms with Crippen molar-refractivity contribution in [2.45, 2.75) is 89.4 Å². The number of carbonyl (C=O) groups excluding carboxylic acids is 5. The molecule has 0 saturated carbocycles. The summed E-state index contributed by atoms with van der Waals surface area (Å²) in [5.41, 5.74) is 46.9. The van der Waals surface area contributed by atoms with E-state index in [0.29, 0.717) is 123 Å². The Morgan fingerprint density at radius 1 is 0.402 bits per heavy atom. The van der Waals surface area contributed by atoms with Gasteiger partial charge in [-0.1, -0.05) is 133 Å². The van der Waals surface area contributed by atoms with Gasteiger partial charge in [-0.05, 0) is 190 Å². The van der Waals surface area contributed by atoms with Crippen molar-refractivity contribution in [3.05, 3.63) is 319 Å². The number of amides is 3. The number of carbonyl (C=O) groups is 5. The number of methoxy groups -OCH3 is 2. The number of rotatable bonds is 21. The molecule has 0 aromatic heterocycles. The maximum Gasteiger partial charge on any atom is 0.256 e. The molecule has 15 N–H and O–H groups in total. The van der Waals surface area contributed by atoms with Crippen molar-refractivity contribution in [2.75, 3.05) is 69.1 Å². The number of nitrogens with zero attached hydrogens (tertiary/aromatic N) is 2. The van der Waals surface area contributed by atoms with E-state index in [2.05, 4.69) is 17.4 Å². The first-order valence-corrected chi connectivity index (χ1v) is 37.6. The Morgan fingerprint density at radius 2 is 0.768 bits per heavy atom. The highest BCUT2D eigenvalue weighted by Crippen LogP contribution is 2.44. The fourth-order valence-electron chi connectivity index (χ4n) is 13.2. The Kier molecular flexibility index (Phi) is 27.2. The highest BCUT2D eigenvalue weighted by molar-refractivity contribution is 7.91. The molecule has 112 heavy (non-hydrogen) atoms. The molecule has 1 fully saturated rings. The fourth-order valence-corrected chi connectivity index (χ4v) is 14.5. The first-order chi connectivity index (χ1) is 53.8. The van der Waals surface area contributed by atoms with Gasteiger partial charge in [-0.25, -0.2) is 8.42 Å². The van der Waals surface area contributed by atoms with Gasteiger partial charge < -0.3 is 78.4 Å². The summed E-state index contributed by atoms with van der Waals surface area (Å²) in [6, 6.07) is 63.8. The second kappa shape index (κ2) is 37.2. The minimum absolute atomic E-state index is 0.00801. The van der Waals surface area contributed by atoms with Crippen LogP contribution in [0.25, 0.3) is 11.1 Å². The minimum Gasteiger partial charge on any atom is -0.496 e. The normalized spacial score (nSPS) is 12.1. The summed E-state index contributed by atoms with van der Waals surface area (Å²) in [6.45, 7) is 8.88. The van der Waals surface area contributed by atoms with Gasteiger partial charge in [0.25, 0.3) is 17.7 Å². The second-order valence-electron chi connectivity index (χ2n) is 27.1. The topological polar surface area (TPSA) is 377 Å². The van der Waals surface area contributed by atoms with Gasteiger partial charge in [0.2, 0.25) is 9.84 Å². The molecular formula is C89H92N8O14S. The number of hydrogen-bond donors (Lipinski definition) is 10. The molecule has 578 valence electrons. The zero-order valence-electron chi connectivity index (χ0n) is 63.2. The summed E-state index contributed by atoms with van der Waals surface area (Å²) in [4.78, 5) is 68.5. The Bertz CT molecular complexity index is 5240. The van der Waals surface area contributed by atoms with Crippen LogP contribution >= 0.6 is 0 Å². The average molecular weight is 1530 g/mol. The first kappa shape index (κ1) is 81.9. The van der Waals surface area contributed by atoms with Crippen LogP contribution in [0.5, 0.6) is 17.2 Å². The zero-order chi connectivity index (χ0) is 80.5. The maximum atomic E-state index is 13.4. The number of aliphatic hydroxyl groups excluding tert-OH is 4. The highest BCUT2D eigenvalue weighted by Gasteiger charge is 2.32. The van der Waals surface area contributed by atoms with Gasteiger partial charge in [0.15, 0.2) is 23.1 Å². The lowest BCUT2D eigenvalue weighted by molar-refractivity contribution is 0.0536. The van der Waals surface area contributed by atoms with Crippen LogP contribution in [-0.4, -0.2) is 108 Å². The van der Waals surface area contributed by atoms with Crippen LogP contribution in [0.3, 0.4) is 0 Å². The average Bonchev–Trinajstić information content (AvgIpc) is 1.67. The number of piperazine rings is 1. The van der Waals surface area contributed by atoms with E-state index in [1.165, 1.54) is 31.4 Å². The number of nitrogens with two attached hydrogens (primary N) is 5. The van der Waals surface area contributed by atoms with E-state index < -0.39 is 9.84 Å². The van der Waals surface area contributed by atoms with Gasteiger partial charge in [0.05, 0.1) is 73.2 Å². The standard InChI is InChI=1S/C38H36N2O7S.C22H28N4O4.C22H20N2O2.C7H8O/c1-24-16-33(39)31(19-28(24)22-41)35(42)17-25-8-12-29(13-9-25)48(44,45)30-14-10-26(11-15-30)18-36(43)32-20-37(46-2)38(21-34(32)40)47-23-27-6-4-3-5-7-27;1-13-8-18(23)16(10-15(13)12-27)21(28)25-4-6-26(7-5-25)22(29)17-11-20(30-3)14(2)9-19(17)24;1-13-10-20(23)19(11-14(13)12-25)22(26)24-21-17-8-4-2-6-15(17)16-7-3-5-9-18(16)21;8-6-7-4-2-1-3-5-7/h3-16,19-21,41H,17-18,22-23,39-40H2,1-2H3;8-11,27H,4-7,12,23-24H2,1-3H3;2-11,21,25H,12,23H2,1H3,(H,24,26);1-5,8H,6H2. The van der Waals surface area contributed by atoms with Crippen LogP contribution in [0.4, 0.5) is 28.4 Å². The predicted octanol–water partition coefficient (Wildman–Crippen LogP) is 12.2. The van der Waals surface area contributed by atoms with Crippen LogP contribution in [-0.2, 0) is 55.7 Å². The van der Waals surface area contributed by atoms with Crippen molar-refractivity contribution in [1.29, 1.82) is 0 Å². The monoisotopic (exact) mass is 1530 g/mol. The molecular weight excluding hydrogens is 1440 g/mol. The summed E-state index contributed by atoms with van der Waals surface area (Å²) in [6.07, 6.45) is 0.00688. The van der Waals surface area contributed by atoms with E-state index in [4.69, 9.17) is 48.0 Å². The number of anilines is 5. The van der Waals surface area contributed by atoms with Crippen LogP contribution in [0.2, 0.25) is 0 Å². The van der Waals surface area contributed by atoms with E-state index >= 15 is 0 Å². The molecule has 2 aliphatic rings. The van der Waals surface area contributed by atoms with Gasteiger partial charge in [0, 0.05) is 84.7 Å². The van der Waals surface area contributed by atoms with E-state index in [1.807, 2.05) is 118 Å². The number of benzene rings is 11. The molecule has 1 aliphatic heterocycles. The van der Waals surface area contributed by atoms with Gasteiger partial charge >= 0.3 is 0 Å². The van der Waals surface area contributed by atoms with Gasteiger partial charge in [-0.15, -0.1) is 0 Å². The van der Waals surface area contributed by atoms with Crippen LogP contribution < -0.4 is 48.2 Å². The van der Waals surface area contributed by atoms with Gasteiger partial charge in [-0.3, -0.25) is 24.0 Å². The number of fused-ring (bicyclic) bond motifs is 3.